The maximum atomic E-state index is 13.4. The first-order chi connectivity index (χ1) is 14.4. The van der Waals surface area contributed by atoms with Crippen LogP contribution in [0.5, 0.6) is 5.75 Å². The maximum absolute atomic E-state index is 13.4. The third kappa shape index (κ3) is 6.34. The van der Waals surface area contributed by atoms with Gasteiger partial charge in [0, 0.05) is 12.6 Å². The maximum Gasteiger partial charge on any atom is 0.243 e. The number of nitrogens with one attached hydrogen (secondary N) is 1. The zero-order valence-electron chi connectivity index (χ0n) is 18.8. The fourth-order valence-corrected chi connectivity index (χ4v) is 3.36. The van der Waals surface area contributed by atoms with Gasteiger partial charge in [0.2, 0.25) is 11.8 Å². The summed E-state index contributed by atoms with van der Waals surface area (Å²) in [5.74, 6) is 0.614. The van der Waals surface area contributed by atoms with Crippen LogP contribution in [0.4, 0.5) is 0 Å². The number of hydrogen-bond acceptors (Lipinski definition) is 3. The third-order valence-corrected chi connectivity index (χ3v) is 5.50. The molecule has 0 aliphatic carbocycles. The van der Waals surface area contributed by atoms with Gasteiger partial charge >= 0.3 is 0 Å². The van der Waals surface area contributed by atoms with Crippen molar-refractivity contribution in [2.24, 2.45) is 0 Å². The van der Waals surface area contributed by atoms with Gasteiger partial charge in [-0.15, -0.1) is 0 Å². The SMILES string of the molecule is CC[C@H](C)NC(=O)[C@H](CC)N(Cc1ccc(OC)cc1)C(=O)Cc1ccccc1C. The number of methoxy groups -OCH3 is 1. The van der Waals surface area contributed by atoms with E-state index in [1.807, 2.05) is 76.2 Å². The molecule has 162 valence electrons. The van der Waals surface area contributed by atoms with Crippen LogP contribution in [0.1, 0.15) is 50.3 Å². The minimum atomic E-state index is -0.516. The third-order valence-electron chi connectivity index (χ3n) is 5.50. The number of hydrogen-bond donors (Lipinski definition) is 1. The second kappa shape index (κ2) is 11.4. The normalized spacial score (nSPS) is 12.7. The highest BCUT2D eigenvalue weighted by atomic mass is 16.5. The summed E-state index contributed by atoms with van der Waals surface area (Å²) in [6.45, 7) is 8.34. The first kappa shape index (κ1) is 23.5. The van der Waals surface area contributed by atoms with Crippen molar-refractivity contribution in [3.8, 4) is 5.75 Å². The summed E-state index contributed by atoms with van der Waals surface area (Å²) in [4.78, 5) is 28.1. The number of rotatable bonds is 10. The summed E-state index contributed by atoms with van der Waals surface area (Å²) >= 11 is 0. The van der Waals surface area contributed by atoms with E-state index in [2.05, 4.69) is 5.32 Å². The van der Waals surface area contributed by atoms with Crippen molar-refractivity contribution in [1.29, 1.82) is 0 Å². The van der Waals surface area contributed by atoms with E-state index in [0.29, 0.717) is 13.0 Å². The summed E-state index contributed by atoms with van der Waals surface area (Å²) in [6, 6.07) is 15.1. The van der Waals surface area contributed by atoms with Gasteiger partial charge in [-0.1, -0.05) is 50.2 Å². The van der Waals surface area contributed by atoms with E-state index in [9.17, 15) is 9.59 Å². The minimum absolute atomic E-state index is 0.0498. The lowest BCUT2D eigenvalue weighted by Crippen LogP contribution is -2.51. The lowest BCUT2D eigenvalue weighted by molar-refractivity contribution is -0.141. The molecule has 0 spiro atoms. The molecule has 1 N–H and O–H groups in total. The fraction of sp³-hybridized carbons (Fsp3) is 0.440. The highest BCUT2D eigenvalue weighted by molar-refractivity contribution is 5.88. The van der Waals surface area contributed by atoms with Crippen molar-refractivity contribution in [2.45, 2.75) is 65.6 Å². The molecule has 2 atom stereocenters. The van der Waals surface area contributed by atoms with Crippen LogP contribution in [0, 0.1) is 6.92 Å². The Hall–Kier alpha value is -2.82. The second-order valence-electron chi connectivity index (χ2n) is 7.71. The van der Waals surface area contributed by atoms with Crippen molar-refractivity contribution >= 4 is 11.8 Å². The average molecular weight is 411 g/mol. The van der Waals surface area contributed by atoms with Gasteiger partial charge in [0.1, 0.15) is 11.8 Å². The first-order valence-corrected chi connectivity index (χ1v) is 10.7. The van der Waals surface area contributed by atoms with Crippen molar-refractivity contribution in [1.82, 2.24) is 10.2 Å². The van der Waals surface area contributed by atoms with Crippen LogP contribution < -0.4 is 10.1 Å². The van der Waals surface area contributed by atoms with Gasteiger partial charge < -0.3 is 15.0 Å². The number of amides is 2. The van der Waals surface area contributed by atoms with Gasteiger partial charge in [0.15, 0.2) is 0 Å². The van der Waals surface area contributed by atoms with Crippen LogP contribution >= 0.6 is 0 Å². The fourth-order valence-electron chi connectivity index (χ4n) is 3.36. The van der Waals surface area contributed by atoms with E-state index in [0.717, 1.165) is 28.9 Å². The molecule has 5 nitrogen and oxygen atoms in total. The lowest BCUT2D eigenvalue weighted by atomic mass is 10.0. The van der Waals surface area contributed by atoms with E-state index in [-0.39, 0.29) is 24.3 Å². The van der Waals surface area contributed by atoms with Gasteiger partial charge in [-0.2, -0.15) is 0 Å². The van der Waals surface area contributed by atoms with E-state index in [1.54, 1.807) is 12.0 Å². The zero-order chi connectivity index (χ0) is 22.1. The molecule has 30 heavy (non-hydrogen) atoms. The number of benzene rings is 2. The Bertz CT molecular complexity index is 833. The molecule has 0 heterocycles. The van der Waals surface area contributed by atoms with Crippen LogP contribution in [0.15, 0.2) is 48.5 Å². The molecule has 5 heteroatoms. The molecule has 0 fully saturated rings. The van der Waals surface area contributed by atoms with E-state index in [4.69, 9.17) is 4.74 Å². The predicted octanol–water partition coefficient (Wildman–Crippen LogP) is 4.27. The second-order valence-corrected chi connectivity index (χ2v) is 7.71. The largest absolute Gasteiger partial charge is 0.497 e. The minimum Gasteiger partial charge on any atom is -0.497 e. The zero-order valence-corrected chi connectivity index (χ0v) is 18.8. The van der Waals surface area contributed by atoms with Crippen molar-refractivity contribution in [2.75, 3.05) is 7.11 Å². The Labute approximate surface area is 180 Å². The molecule has 0 unspecified atom stereocenters. The quantitative estimate of drug-likeness (QED) is 0.636. The van der Waals surface area contributed by atoms with Crippen molar-refractivity contribution in [3.05, 3.63) is 65.2 Å². The van der Waals surface area contributed by atoms with Crippen LogP contribution in [0.2, 0.25) is 0 Å². The van der Waals surface area contributed by atoms with Crippen LogP contribution in [-0.4, -0.2) is 35.9 Å². The molecule has 2 rings (SSSR count). The van der Waals surface area contributed by atoms with Crippen LogP contribution in [0.3, 0.4) is 0 Å². The molecule has 0 bridgehead atoms. The molecule has 2 aromatic rings. The molecular formula is C25H34N2O3. The number of aryl methyl sites for hydroxylation is 1. The number of carbonyl (C=O) groups excluding carboxylic acids is 2. The standard InChI is InChI=1S/C25H34N2O3/c1-6-19(4)26-25(29)23(7-2)27(17-20-12-14-22(30-5)15-13-20)24(28)16-21-11-9-8-10-18(21)3/h8-15,19,23H,6-7,16-17H2,1-5H3,(H,26,29)/t19-,23-/m0/s1. The summed E-state index contributed by atoms with van der Waals surface area (Å²) in [5, 5.41) is 3.04. The van der Waals surface area contributed by atoms with Crippen molar-refractivity contribution < 1.29 is 14.3 Å². The summed E-state index contributed by atoms with van der Waals surface area (Å²) in [7, 11) is 1.62. The molecule has 2 aromatic carbocycles. The lowest BCUT2D eigenvalue weighted by Gasteiger charge is -2.31. The van der Waals surface area contributed by atoms with E-state index >= 15 is 0 Å². The Morgan fingerprint density at radius 3 is 2.27 bits per heavy atom. The van der Waals surface area contributed by atoms with Gasteiger partial charge in [0.05, 0.1) is 13.5 Å². The number of carbonyl (C=O) groups is 2. The summed E-state index contributed by atoms with van der Waals surface area (Å²) in [5.41, 5.74) is 3.02. The Morgan fingerprint density at radius 1 is 1.03 bits per heavy atom. The van der Waals surface area contributed by atoms with Crippen LogP contribution in [-0.2, 0) is 22.6 Å². The molecule has 0 aliphatic rings. The van der Waals surface area contributed by atoms with Crippen molar-refractivity contribution in [3.63, 3.8) is 0 Å². The van der Waals surface area contributed by atoms with Crippen LogP contribution in [0.25, 0.3) is 0 Å². The molecule has 0 aromatic heterocycles. The molecular weight excluding hydrogens is 376 g/mol. The van der Waals surface area contributed by atoms with Gasteiger partial charge in [-0.05, 0) is 55.5 Å². The van der Waals surface area contributed by atoms with E-state index in [1.165, 1.54) is 0 Å². The molecule has 0 aliphatic heterocycles. The Morgan fingerprint density at radius 2 is 1.70 bits per heavy atom. The molecule has 0 saturated carbocycles. The highest BCUT2D eigenvalue weighted by Gasteiger charge is 2.29. The summed E-state index contributed by atoms with van der Waals surface area (Å²) < 4.78 is 5.23. The highest BCUT2D eigenvalue weighted by Crippen LogP contribution is 2.18. The predicted molar refractivity (Wildman–Crippen MR) is 120 cm³/mol. The molecule has 0 radical (unpaired) electrons. The first-order valence-electron chi connectivity index (χ1n) is 10.7. The topological polar surface area (TPSA) is 58.6 Å². The number of nitrogens with zero attached hydrogens (tertiary/aromatic N) is 1. The monoisotopic (exact) mass is 410 g/mol. The van der Waals surface area contributed by atoms with E-state index < -0.39 is 6.04 Å². The Balaban J connectivity index is 2.30. The van der Waals surface area contributed by atoms with Gasteiger partial charge in [0.25, 0.3) is 0 Å². The molecule has 0 saturated heterocycles. The summed E-state index contributed by atoms with van der Waals surface area (Å²) in [6.07, 6.45) is 1.67. The Kier molecular flexibility index (Phi) is 8.90. The number of ether oxygens (including phenoxy) is 1. The smallest absolute Gasteiger partial charge is 0.243 e. The van der Waals surface area contributed by atoms with Gasteiger partial charge in [-0.25, -0.2) is 0 Å². The van der Waals surface area contributed by atoms with Gasteiger partial charge in [-0.3, -0.25) is 9.59 Å². The molecule has 2 amide bonds. The average Bonchev–Trinajstić information content (AvgIpc) is 2.75.